The summed E-state index contributed by atoms with van der Waals surface area (Å²) in [6.07, 6.45) is 8.92. The highest BCUT2D eigenvalue weighted by Crippen LogP contribution is 2.43. The fourth-order valence-corrected chi connectivity index (χ4v) is 7.73. The summed E-state index contributed by atoms with van der Waals surface area (Å²) in [7, 11) is 0. The van der Waals surface area contributed by atoms with Crippen LogP contribution in [0.4, 0.5) is 5.69 Å². The van der Waals surface area contributed by atoms with Gasteiger partial charge in [-0.3, -0.25) is 0 Å². The van der Waals surface area contributed by atoms with Crippen molar-refractivity contribution in [2.75, 3.05) is 4.90 Å². The number of hydrogen-bond donors (Lipinski definition) is 1. The first kappa shape index (κ1) is 26.9. The average molecular weight is 614 g/mol. The number of aromatic nitrogens is 2. The Morgan fingerprint density at radius 3 is 1.94 bits per heavy atom. The van der Waals surface area contributed by atoms with Gasteiger partial charge in [0.1, 0.15) is 0 Å². The van der Waals surface area contributed by atoms with Gasteiger partial charge < -0.3 is 14.5 Å². The van der Waals surface area contributed by atoms with E-state index in [9.17, 15) is 0 Å². The molecule has 3 heteroatoms. The zero-order valence-electron chi connectivity index (χ0n) is 26.3. The Kier molecular flexibility index (Phi) is 5.79. The molecule has 226 valence electrons. The lowest BCUT2D eigenvalue weighted by Crippen LogP contribution is -2.23. The van der Waals surface area contributed by atoms with E-state index in [2.05, 4.69) is 185 Å². The van der Waals surface area contributed by atoms with Gasteiger partial charge in [-0.05, 0) is 101 Å². The lowest BCUT2D eigenvalue weighted by atomic mass is 9.84. The smallest absolute Gasteiger partial charge is 0.0541 e. The quantitative estimate of drug-likeness (QED) is 0.210. The standard InChI is InChI=1S/C45H31N3/c1-29-16-20-35(37-21-25-44(37)47(29)33-10-4-2-5-11-33)32-18-23-42-39(28-32)38-26-30(17-22-41(38)46-42)31-19-24-45-40(27-31)36-14-8-9-15-43(36)48(45)34-12-6-3-7-13-34/h2-28,35,46H,1H2. The van der Waals surface area contributed by atoms with Crippen molar-refractivity contribution < 1.29 is 0 Å². The van der Waals surface area contributed by atoms with Gasteiger partial charge in [0.05, 0.1) is 16.7 Å². The van der Waals surface area contributed by atoms with Crippen LogP contribution in [0.3, 0.4) is 0 Å². The van der Waals surface area contributed by atoms with E-state index in [1.807, 2.05) is 0 Å². The number of hydrogen-bond acceptors (Lipinski definition) is 1. The molecule has 0 saturated heterocycles. The van der Waals surface area contributed by atoms with Gasteiger partial charge in [-0.25, -0.2) is 0 Å². The first-order valence-corrected chi connectivity index (χ1v) is 16.5. The molecule has 0 amide bonds. The number of fused-ring (bicyclic) bond motifs is 6. The van der Waals surface area contributed by atoms with Gasteiger partial charge in [-0.2, -0.15) is 0 Å². The van der Waals surface area contributed by atoms with Crippen LogP contribution in [0, 0.1) is 0 Å². The molecule has 2 aliphatic rings. The summed E-state index contributed by atoms with van der Waals surface area (Å²) in [4.78, 5) is 5.93. The maximum atomic E-state index is 4.42. The van der Waals surface area contributed by atoms with Crippen LogP contribution in [0.15, 0.2) is 187 Å². The van der Waals surface area contributed by atoms with E-state index >= 15 is 0 Å². The lowest BCUT2D eigenvalue weighted by molar-refractivity contribution is 0.982. The topological polar surface area (TPSA) is 24.0 Å². The SMILES string of the molecule is C=C1C=CC(c2ccc3[nH]c4ccc(-c5ccc6c(c5)c5ccccc5n6-c5ccccc5)cc4c3c2)C2=C(C=C2)N1c1ccccc1. The molecule has 1 atom stereocenters. The maximum Gasteiger partial charge on any atom is 0.0541 e. The molecular formula is C45H31N3. The number of anilines is 1. The fourth-order valence-electron chi connectivity index (χ4n) is 7.73. The molecule has 1 N–H and O–H groups in total. The third kappa shape index (κ3) is 4.01. The fraction of sp³-hybridized carbons (Fsp3) is 0.0222. The third-order valence-electron chi connectivity index (χ3n) is 10.1. The number of nitrogens with zero attached hydrogens (tertiary/aromatic N) is 2. The van der Waals surface area contributed by atoms with Crippen molar-refractivity contribution in [2.24, 2.45) is 0 Å². The monoisotopic (exact) mass is 613 g/mol. The third-order valence-corrected chi connectivity index (χ3v) is 10.1. The van der Waals surface area contributed by atoms with Crippen LogP contribution in [-0.2, 0) is 0 Å². The van der Waals surface area contributed by atoms with Gasteiger partial charge in [0.15, 0.2) is 0 Å². The normalized spacial score (nSPS) is 15.9. The minimum absolute atomic E-state index is 0.150. The predicted molar refractivity (Wildman–Crippen MR) is 202 cm³/mol. The van der Waals surface area contributed by atoms with Crippen molar-refractivity contribution in [1.82, 2.24) is 9.55 Å². The van der Waals surface area contributed by atoms with Crippen molar-refractivity contribution in [3.05, 3.63) is 193 Å². The Morgan fingerprint density at radius 2 is 1.17 bits per heavy atom. The number of rotatable bonds is 4. The van der Waals surface area contributed by atoms with E-state index in [0.29, 0.717) is 0 Å². The first-order valence-electron chi connectivity index (χ1n) is 16.5. The largest absolute Gasteiger partial charge is 0.355 e. The number of allylic oxidation sites excluding steroid dienone is 5. The predicted octanol–water partition coefficient (Wildman–Crippen LogP) is 11.6. The molecule has 10 rings (SSSR count). The van der Waals surface area contributed by atoms with Crippen molar-refractivity contribution in [3.8, 4) is 16.8 Å². The van der Waals surface area contributed by atoms with Crippen molar-refractivity contribution in [2.45, 2.75) is 5.92 Å². The second-order valence-corrected chi connectivity index (χ2v) is 12.8. The Labute approximate surface area is 278 Å². The molecule has 0 saturated carbocycles. The Morgan fingerprint density at radius 1 is 0.521 bits per heavy atom. The van der Waals surface area contributed by atoms with Gasteiger partial charge in [-0.1, -0.05) is 91.5 Å². The molecule has 0 fully saturated rings. The summed E-state index contributed by atoms with van der Waals surface area (Å²) in [5.41, 5.74) is 14.3. The minimum atomic E-state index is 0.150. The average Bonchev–Trinajstić information content (AvgIpc) is 3.63. The van der Waals surface area contributed by atoms with Crippen LogP contribution in [0.25, 0.3) is 60.4 Å². The first-order chi connectivity index (χ1) is 23.7. The van der Waals surface area contributed by atoms with Crippen LogP contribution < -0.4 is 4.90 Å². The Hall–Kier alpha value is -6.32. The zero-order valence-corrected chi connectivity index (χ0v) is 26.3. The molecule has 0 bridgehead atoms. The van der Waals surface area contributed by atoms with E-state index < -0.39 is 0 Å². The van der Waals surface area contributed by atoms with Gasteiger partial charge >= 0.3 is 0 Å². The summed E-state index contributed by atoms with van der Waals surface area (Å²) in [6, 6.07) is 50.4. The summed E-state index contributed by atoms with van der Waals surface area (Å²) in [5.74, 6) is 0.150. The van der Waals surface area contributed by atoms with E-state index in [1.54, 1.807) is 0 Å². The summed E-state index contributed by atoms with van der Waals surface area (Å²) in [6.45, 7) is 4.42. The maximum absolute atomic E-state index is 4.42. The highest BCUT2D eigenvalue weighted by atomic mass is 15.2. The molecule has 48 heavy (non-hydrogen) atoms. The minimum Gasteiger partial charge on any atom is -0.355 e. The van der Waals surface area contributed by atoms with Gasteiger partial charge in [0.2, 0.25) is 0 Å². The molecule has 1 aliphatic carbocycles. The van der Waals surface area contributed by atoms with Crippen molar-refractivity contribution in [3.63, 3.8) is 0 Å². The van der Waals surface area contributed by atoms with Crippen LogP contribution in [0.1, 0.15) is 11.5 Å². The molecular weight excluding hydrogens is 583 g/mol. The van der Waals surface area contributed by atoms with Crippen LogP contribution in [0.2, 0.25) is 0 Å². The number of para-hydroxylation sites is 3. The van der Waals surface area contributed by atoms with Crippen LogP contribution in [0.5, 0.6) is 0 Å². The molecule has 8 aromatic rings. The number of aromatic amines is 1. The summed E-state index contributed by atoms with van der Waals surface area (Å²) in [5, 5.41) is 5.01. The molecule has 3 heterocycles. The van der Waals surface area contributed by atoms with Gasteiger partial charge in [0, 0.05) is 55.6 Å². The van der Waals surface area contributed by atoms with Gasteiger partial charge in [-0.15, -0.1) is 0 Å². The van der Waals surface area contributed by atoms with E-state index in [-0.39, 0.29) is 5.92 Å². The van der Waals surface area contributed by atoms with E-state index in [4.69, 9.17) is 0 Å². The van der Waals surface area contributed by atoms with Crippen LogP contribution >= 0.6 is 0 Å². The molecule has 1 aliphatic heterocycles. The number of nitrogens with one attached hydrogen (secondary N) is 1. The molecule has 0 spiro atoms. The lowest BCUT2D eigenvalue weighted by Gasteiger charge is -2.31. The highest BCUT2D eigenvalue weighted by Gasteiger charge is 2.28. The van der Waals surface area contributed by atoms with E-state index in [1.165, 1.54) is 66.2 Å². The van der Waals surface area contributed by atoms with Gasteiger partial charge in [0.25, 0.3) is 0 Å². The molecule has 1 unspecified atom stereocenters. The highest BCUT2D eigenvalue weighted by molar-refractivity contribution is 6.12. The summed E-state index contributed by atoms with van der Waals surface area (Å²) < 4.78 is 2.37. The molecule has 0 radical (unpaired) electrons. The molecule has 6 aromatic carbocycles. The Balaban J connectivity index is 1.08. The number of benzene rings is 6. The number of H-pyrrole nitrogens is 1. The molecule has 3 nitrogen and oxygen atoms in total. The van der Waals surface area contributed by atoms with Crippen LogP contribution in [-0.4, -0.2) is 9.55 Å². The Bertz CT molecular complexity index is 2680. The molecule has 2 aromatic heterocycles. The second kappa shape index (κ2) is 10.3. The van der Waals surface area contributed by atoms with E-state index in [0.717, 1.165) is 22.4 Å². The van der Waals surface area contributed by atoms with Crippen molar-refractivity contribution in [1.29, 1.82) is 0 Å². The second-order valence-electron chi connectivity index (χ2n) is 12.8. The van der Waals surface area contributed by atoms with Crippen molar-refractivity contribution >= 4 is 49.3 Å². The summed E-state index contributed by atoms with van der Waals surface area (Å²) >= 11 is 0. The zero-order chi connectivity index (χ0) is 31.8.